The van der Waals surface area contributed by atoms with E-state index < -0.39 is 0 Å². The van der Waals surface area contributed by atoms with Gasteiger partial charge in [0.05, 0.1) is 30.0 Å². The van der Waals surface area contributed by atoms with E-state index in [1.807, 2.05) is 47.4 Å². The van der Waals surface area contributed by atoms with Crippen LogP contribution in [-0.4, -0.2) is 60.5 Å². The van der Waals surface area contributed by atoms with Crippen molar-refractivity contribution in [3.63, 3.8) is 0 Å². The molecule has 0 spiro atoms. The second-order valence-electron chi connectivity index (χ2n) is 12.4. The number of methoxy groups -OCH3 is 1. The van der Waals surface area contributed by atoms with Gasteiger partial charge in [-0.05, 0) is 89.3 Å². The number of nitrogens with zero attached hydrogens (tertiary/aromatic N) is 4. The van der Waals surface area contributed by atoms with Gasteiger partial charge >= 0.3 is 0 Å². The van der Waals surface area contributed by atoms with Crippen LogP contribution < -0.4 is 19.5 Å². The van der Waals surface area contributed by atoms with Crippen molar-refractivity contribution in [1.82, 2.24) is 14.8 Å². The fraction of sp³-hybridized carbons (Fsp3) is 0.214. The van der Waals surface area contributed by atoms with E-state index in [9.17, 15) is 4.79 Å². The SMILES string of the molecule is COc1ccc(NCCc2ccc(CN3CCN(C(=O)C=Cc4ccc(Oc5ccc(OCc6ccc(C#N)cc6)cn5)c(Cl)c4)CC3)cc2)cc1. The summed E-state index contributed by atoms with van der Waals surface area (Å²) in [5.74, 6) is 2.25. The summed E-state index contributed by atoms with van der Waals surface area (Å²) in [5, 5.41) is 12.8. The van der Waals surface area contributed by atoms with Gasteiger partial charge in [0.15, 0.2) is 0 Å². The monoisotopic (exact) mass is 713 g/mol. The first-order chi connectivity index (χ1) is 25.4. The van der Waals surface area contributed by atoms with E-state index >= 15 is 0 Å². The van der Waals surface area contributed by atoms with Crippen LogP contribution in [0.3, 0.4) is 0 Å². The maximum atomic E-state index is 13.0. The molecular weight excluding hydrogens is 674 g/mol. The van der Waals surface area contributed by atoms with E-state index in [1.165, 1.54) is 11.1 Å². The number of benzene rings is 4. The molecule has 0 aliphatic carbocycles. The van der Waals surface area contributed by atoms with Crippen molar-refractivity contribution in [3.8, 4) is 29.2 Å². The number of rotatable bonds is 14. The molecule has 0 radical (unpaired) electrons. The molecule has 10 heteroatoms. The van der Waals surface area contributed by atoms with Crippen LogP contribution in [0.4, 0.5) is 5.69 Å². The molecule has 4 aromatic carbocycles. The van der Waals surface area contributed by atoms with E-state index in [2.05, 4.69) is 45.5 Å². The number of nitrogens with one attached hydrogen (secondary N) is 1. The number of hydrogen-bond donors (Lipinski definition) is 1. The number of carbonyl (C=O) groups excluding carboxylic acids is 1. The number of anilines is 1. The highest BCUT2D eigenvalue weighted by atomic mass is 35.5. The van der Waals surface area contributed by atoms with Crippen molar-refractivity contribution in [1.29, 1.82) is 5.26 Å². The second kappa shape index (κ2) is 17.9. The van der Waals surface area contributed by atoms with Gasteiger partial charge in [-0.15, -0.1) is 0 Å². The highest BCUT2D eigenvalue weighted by molar-refractivity contribution is 6.32. The number of ether oxygens (including phenoxy) is 3. The zero-order valence-electron chi connectivity index (χ0n) is 29.0. The van der Waals surface area contributed by atoms with Crippen molar-refractivity contribution in [2.45, 2.75) is 19.6 Å². The molecule has 0 atom stereocenters. The summed E-state index contributed by atoms with van der Waals surface area (Å²) in [5.41, 5.74) is 6.00. The van der Waals surface area contributed by atoms with Crippen molar-refractivity contribution in [2.75, 3.05) is 45.2 Å². The molecule has 1 aromatic heterocycles. The molecule has 1 N–H and O–H groups in total. The van der Waals surface area contributed by atoms with Crippen LogP contribution in [0.2, 0.25) is 5.02 Å². The number of piperazine rings is 1. The molecule has 1 fully saturated rings. The van der Waals surface area contributed by atoms with Gasteiger partial charge in [-0.1, -0.05) is 54.1 Å². The topological polar surface area (TPSA) is 100.0 Å². The normalized spacial score (nSPS) is 13.1. The van der Waals surface area contributed by atoms with Crippen molar-refractivity contribution in [2.24, 2.45) is 0 Å². The third-order valence-corrected chi connectivity index (χ3v) is 9.03. The molecular formula is C42H40ClN5O4. The lowest BCUT2D eigenvalue weighted by Gasteiger charge is -2.34. The van der Waals surface area contributed by atoms with Gasteiger partial charge in [-0.25, -0.2) is 4.98 Å². The average Bonchev–Trinajstić information content (AvgIpc) is 3.19. The lowest BCUT2D eigenvalue weighted by molar-refractivity contribution is -0.127. The van der Waals surface area contributed by atoms with E-state index in [1.54, 1.807) is 61.9 Å². The fourth-order valence-corrected chi connectivity index (χ4v) is 5.93. The minimum Gasteiger partial charge on any atom is -0.497 e. The molecule has 1 saturated heterocycles. The summed E-state index contributed by atoms with van der Waals surface area (Å²) in [6.45, 7) is 5.08. The number of halogens is 1. The van der Waals surface area contributed by atoms with Crippen molar-refractivity contribution in [3.05, 3.63) is 148 Å². The maximum Gasteiger partial charge on any atom is 0.246 e. The highest BCUT2D eigenvalue weighted by Crippen LogP contribution is 2.30. The molecule has 1 aliphatic heterocycles. The smallest absolute Gasteiger partial charge is 0.246 e. The molecule has 2 heterocycles. The number of hydrogen-bond acceptors (Lipinski definition) is 8. The number of amides is 1. The van der Waals surface area contributed by atoms with E-state index in [0.717, 1.165) is 55.2 Å². The van der Waals surface area contributed by atoms with Gasteiger partial charge in [0.1, 0.15) is 23.9 Å². The first kappa shape index (κ1) is 36.0. The zero-order valence-corrected chi connectivity index (χ0v) is 29.8. The number of nitriles is 1. The molecule has 5 aromatic rings. The van der Waals surface area contributed by atoms with Gasteiger partial charge in [0, 0.05) is 57.1 Å². The first-order valence-corrected chi connectivity index (χ1v) is 17.5. The Morgan fingerprint density at radius 2 is 1.60 bits per heavy atom. The molecule has 9 nitrogen and oxygen atoms in total. The Kier molecular flexibility index (Phi) is 12.4. The van der Waals surface area contributed by atoms with Crippen LogP contribution in [0, 0.1) is 11.3 Å². The van der Waals surface area contributed by atoms with Gasteiger partial charge in [-0.3, -0.25) is 9.69 Å². The van der Waals surface area contributed by atoms with Crippen molar-refractivity contribution < 1.29 is 19.0 Å². The second-order valence-corrected chi connectivity index (χ2v) is 12.8. The summed E-state index contributed by atoms with van der Waals surface area (Å²) >= 11 is 6.52. The largest absolute Gasteiger partial charge is 0.497 e. The molecule has 0 unspecified atom stereocenters. The van der Waals surface area contributed by atoms with E-state index in [0.29, 0.717) is 47.7 Å². The van der Waals surface area contributed by atoms with Crippen LogP contribution in [0.5, 0.6) is 23.1 Å². The van der Waals surface area contributed by atoms with Crippen LogP contribution in [0.1, 0.15) is 27.8 Å². The summed E-state index contributed by atoms with van der Waals surface area (Å²) in [6, 6.07) is 34.9. The molecule has 52 heavy (non-hydrogen) atoms. The summed E-state index contributed by atoms with van der Waals surface area (Å²) < 4.78 is 16.9. The van der Waals surface area contributed by atoms with E-state index in [4.69, 9.17) is 31.1 Å². The molecule has 1 amide bonds. The summed E-state index contributed by atoms with van der Waals surface area (Å²) in [6.07, 6.45) is 5.90. The van der Waals surface area contributed by atoms with Gasteiger partial charge < -0.3 is 24.4 Å². The van der Waals surface area contributed by atoms with Gasteiger partial charge in [0.25, 0.3) is 0 Å². The zero-order chi connectivity index (χ0) is 36.1. The Bertz CT molecular complexity index is 1990. The third-order valence-electron chi connectivity index (χ3n) is 8.73. The number of pyridine rings is 1. The van der Waals surface area contributed by atoms with Gasteiger partial charge in [0.2, 0.25) is 11.8 Å². The molecule has 0 saturated carbocycles. The number of aromatic nitrogens is 1. The summed E-state index contributed by atoms with van der Waals surface area (Å²) in [4.78, 5) is 21.6. The maximum absolute atomic E-state index is 13.0. The van der Waals surface area contributed by atoms with E-state index in [-0.39, 0.29) is 5.91 Å². The van der Waals surface area contributed by atoms with Gasteiger partial charge in [-0.2, -0.15) is 5.26 Å². The van der Waals surface area contributed by atoms with Crippen LogP contribution >= 0.6 is 11.6 Å². The standard InChI is InChI=1S/C42H40ClN5O4/c1-50-37-14-12-36(13-15-37)45-21-20-31-2-6-34(7-3-31)29-47-22-24-48(25-23-47)42(49)19-11-32-10-17-40(39(43)26-32)52-41-18-16-38(28-46-41)51-30-35-8-4-33(27-44)5-9-35/h2-19,26,28,45H,20-25,29-30H2,1H3. The minimum absolute atomic E-state index is 0.0191. The predicted molar refractivity (Wildman–Crippen MR) is 204 cm³/mol. The number of carbonyl (C=O) groups is 1. The summed E-state index contributed by atoms with van der Waals surface area (Å²) in [7, 11) is 1.67. The molecule has 1 aliphatic rings. The predicted octanol–water partition coefficient (Wildman–Crippen LogP) is 8.00. The van der Waals surface area contributed by atoms with Crippen LogP contribution in [0.15, 0.2) is 115 Å². The van der Waals surface area contributed by atoms with Crippen LogP contribution in [0.25, 0.3) is 6.08 Å². The van der Waals surface area contributed by atoms with Crippen molar-refractivity contribution >= 4 is 29.3 Å². The highest BCUT2D eigenvalue weighted by Gasteiger charge is 2.19. The Morgan fingerprint density at radius 1 is 0.885 bits per heavy atom. The first-order valence-electron chi connectivity index (χ1n) is 17.1. The van der Waals surface area contributed by atoms with Crippen LogP contribution in [-0.2, 0) is 24.4 Å². The lowest BCUT2D eigenvalue weighted by atomic mass is 10.1. The lowest BCUT2D eigenvalue weighted by Crippen LogP contribution is -2.47. The Labute approximate surface area is 309 Å². The molecule has 6 rings (SSSR count). The minimum atomic E-state index is -0.0191. The average molecular weight is 714 g/mol. The Balaban J connectivity index is 0.904. The molecule has 264 valence electrons. The third kappa shape index (κ3) is 10.4. The fourth-order valence-electron chi connectivity index (χ4n) is 5.70. The molecule has 0 bridgehead atoms. The Morgan fingerprint density at radius 3 is 2.27 bits per heavy atom. The Hall–Kier alpha value is -5.82. The quantitative estimate of drug-likeness (QED) is 0.116.